The Morgan fingerprint density at radius 3 is 2.54 bits per heavy atom. The second-order valence-electron chi connectivity index (χ2n) is 6.17. The Labute approximate surface area is 153 Å². The molecule has 7 nitrogen and oxygen atoms in total. The van der Waals surface area contributed by atoms with Crippen LogP contribution in [0.25, 0.3) is 11.3 Å². The summed E-state index contributed by atoms with van der Waals surface area (Å²) in [4.78, 5) is 19.9. The highest BCUT2D eigenvalue weighted by molar-refractivity contribution is 5.64. The van der Waals surface area contributed by atoms with Gasteiger partial charge in [0.15, 0.2) is 0 Å². The Hall–Kier alpha value is -2.80. The number of carboxylic acid groups (broad SMARTS) is 1. The molecule has 7 heteroatoms. The van der Waals surface area contributed by atoms with Gasteiger partial charge in [-0.1, -0.05) is 6.07 Å². The highest BCUT2D eigenvalue weighted by Crippen LogP contribution is 2.23. The van der Waals surface area contributed by atoms with Crippen molar-refractivity contribution in [3.8, 4) is 17.0 Å². The number of anilines is 1. The van der Waals surface area contributed by atoms with Crippen molar-refractivity contribution in [3.63, 3.8) is 0 Å². The van der Waals surface area contributed by atoms with E-state index in [9.17, 15) is 4.79 Å². The molecule has 0 radical (unpaired) electrons. The minimum absolute atomic E-state index is 0.459. The first-order chi connectivity index (χ1) is 12.7. The van der Waals surface area contributed by atoms with E-state index in [1.807, 2.05) is 42.5 Å². The van der Waals surface area contributed by atoms with Crippen LogP contribution in [0.15, 0.2) is 42.5 Å². The summed E-state index contributed by atoms with van der Waals surface area (Å²) in [5.74, 6) is 1.81. The number of pyridine rings is 1. The van der Waals surface area contributed by atoms with Gasteiger partial charge in [-0.15, -0.1) is 0 Å². The second-order valence-corrected chi connectivity index (χ2v) is 6.17. The molecule has 138 valence electrons. The SMILES string of the molecule is COc1ccc(-c2cccc(N3CCN(CCNC(=O)O)CC3)n2)cc1. The predicted molar refractivity (Wildman–Crippen MR) is 101 cm³/mol. The lowest BCUT2D eigenvalue weighted by molar-refractivity contribution is 0.190. The van der Waals surface area contributed by atoms with E-state index < -0.39 is 6.09 Å². The van der Waals surface area contributed by atoms with E-state index in [-0.39, 0.29) is 0 Å². The van der Waals surface area contributed by atoms with Crippen LogP contribution in [-0.2, 0) is 0 Å². The van der Waals surface area contributed by atoms with E-state index in [0.29, 0.717) is 6.54 Å². The molecule has 0 atom stereocenters. The van der Waals surface area contributed by atoms with Crippen LogP contribution >= 0.6 is 0 Å². The van der Waals surface area contributed by atoms with E-state index >= 15 is 0 Å². The Balaban J connectivity index is 1.59. The van der Waals surface area contributed by atoms with Gasteiger partial charge in [0.1, 0.15) is 11.6 Å². The number of benzene rings is 1. The summed E-state index contributed by atoms with van der Waals surface area (Å²) in [7, 11) is 1.66. The highest BCUT2D eigenvalue weighted by Gasteiger charge is 2.18. The van der Waals surface area contributed by atoms with E-state index in [1.165, 1.54) is 0 Å². The van der Waals surface area contributed by atoms with Crippen molar-refractivity contribution < 1.29 is 14.6 Å². The minimum Gasteiger partial charge on any atom is -0.497 e. The van der Waals surface area contributed by atoms with E-state index in [0.717, 1.165) is 55.5 Å². The van der Waals surface area contributed by atoms with Crippen molar-refractivity contribution in [2.24, 2.45) is 0 Å². The molecule has 1 aromatic carbocycles. The Kier molecular flexibility index (Phi) is 5.91. The number of hydrogen-bond donors (Lipinski definition) is 2. The lowest BCUT2D eigenvalue weighted by atomic mass is 10.1. The molecular weight excluding hydrogens is 332 g/mol. The summed E-state index contributed by atoms with van der Waals surface area (Å²) in [6, 6.07) is 14.0. The normalized spacial score (nSPS) is 14.9. The van der Waals surface area contributed by atoms with E-state index in [4.69, 9.17) is 14.8 Å². The van der Waals surface area contributed by atoms with Crippen LogP contribution in [0.2, 0.25) is 0 Å². The number of piperazine rings is 1. The third kappa shape index (κ3) is 4.64. The lowest BCUT2D eigenvalue weighted by Gasteiger charge is -2.35. The van der Waals surface area contributed by atoms with E-state index in [2.05, 4.69) is 15.1 Å². The fraction of sp³-hybridized carbons (Fsp3) is 0.368. The molecule has 26 heavy (non-hydrogen) atoms. The zero-order chi connectivity index (χ0) is 18.4. The van der Waals surface area contributed by atoms with Crippen LogP contribution in [0.3, 0.4) is 0 Å². The maximum atomic E-state index is 10.5. The van der Waals surface area contributed by atoms with Crippen LogP contribution in [0, 0.1) is 0 Å². The number of rotatable bonds is 6. The largest absolute Gasteiger partial charge is 0.497 e. The van der Waals surface area contributed by atoms with Gasteiger partial charge in [0.25, 0.3) is 0 Å². The second kappa shape index (κ2) is 8.53. The van der Waals surface area contributed by atoms with Gasteiger partial charge in [0, 0.05) is 44.8 Å². The summed E-state index contributed by atoms with van der Waals surface area (Å²) in [5, 5.41) is 11.0. The average molecular weight is 356 g/mol. The monoisotopic (exact) mass is 356 g/mol. The standard InChI is InChI=1S/C19H24N4O3/c1-26-16-7-5-15(6-8-16)17-3-2-4-18(21-17)23-13-11-22(12-14-23)10-9-20-19(24)25/h2-8,20H,9-14H2,1H3,(H,24,25). The topological polar surface area (TPSA) is 77.9 Å². The number of aromatic nitrogens is 1. The Morgan fingerprint density at radius 2 is 1.88 bits per heavy atom. The van der Waals surface area contributed by atoms with Crippen LogP contribution in [0.1, 0.15) is 0 Å². The quantitative estimate of drug-likeness (QED) is 0.826. The number of carbonyl (C=O) groups is 1. The Morgan fingerprint density at radius 1 is 1.15 bits per heavy atom. The number of nitrogens with one attached hydrogen (secondary N) is 1. The van der Waals surface area contributed by atoms with Crippen LogP contribution in [0.5, 0.6) is 5.75 Å². The average Bonchev–Trinajstić information content (AvgIpc) is 2.68. The summed E-state index contributed by atoms with van der Waals surface area (Å²) in [6.07, 6.45) is -0.969. The van der Waals surface area contributed by atoms with Gasteiger partial charge < -0.3 is 20.1 Å². The van der Waals surface area contributed by atoms with Crippen LogP contribution in [0.4, 0.5) is 10.6 Å². The number of methoxy groups -OCH3 is 1. The van der Waals surface area contributed by atoms with Crippen LogP contribution < -0.4 is 15.0 Å². The maximum Gasteiger partial charge on any atom is 0.404 e. The van der Waals surface area contributed by atoms with Crippen molar-refractivity contribution in [1.29, 1.82) is 0 Å². The molecule has 0 saturated carbocycles. The molecular formula is C19H24N4O3. The van der Waals surface area contributed by atoms with Gasteiger partial charge in [-0.3, -0.25) is 4.90 Å². The van der Waals surface area contributed by atoms with Gasteiger partial charge >= 0.3 is 6.09 Å². The zero-order valence-electron chi connectivity index (χ0n) is 14.9. The molecule has 2 N–H and O–H groups in total. The molecule has 1 aromatic heterocycles. The molecule has 1 amide bonds. The molecule has 2 aromatic rings. The lowest BCUT2D eigenvalue weighted by Crippen LogP contribution is -2.48. The van der Waals surface area contributed by atoms with Gasteiger partial charge in [-0.2, -0.15) is 0 Å². The smallest absolute Gasteiger partial charge is 0.404 e. The third-order valence-electron chi connectivity index (χ3n) is 4.52. The van der Waals surface area contributed by atoms with Crippen molar-refractivity contribution in [3.05, 3.63) is 42.5 Å². The third-order valence-corrected chi connectivity index (χ3v) is 4.52. The molecule has 0 unspecified atom stereocenters. The first kappa shape index (κ1) is 18.0. The van der Waals surface area contributed by atoms with Crippen molar-refractivity contribution >= 4 is 11.9 Å². The molecule has 1 aliphatic heterocycles. The van der Waals surface area contributed by atoms with Gasteiger partial charge in [-0.05, 0) is 36.4 Å². The summed E-state index contributed by atoms with van der Waals surface area (Å²) in [6.45, 7) is 4.75. The zero-order valence-corrected chi connectivity index (χ0v) is 14.9. The highest BCUT2D eigenvalue weighted by atomic mass is 16.5. The molecule has 0 spiro atoms. The van der Waals surface area contributed by atoms with Gasteiger partial charge in [0.05, 0.1) is 12.8 Å². The number of amides is 1. The molecule has 1 aliphatic rings. The molecule has 1 saturated heterocycles. The fourth-order valence-electron chi connectivity index (χ4n) is 3.04. The first-order valence-corrected chi connectivity index (χ1v) is 8.71. The predicted octanol–water partition coefficient (Wildman–Crippen LogP) is 2.15. The molecule has 0 aliphatic carbocycles. The van der Waals surface area contributed by atoms with Crippen molar-refractivity contribution in [1.82, 2.24) is 15.2 Å². The summed E-state index contributed by atoms with van der Waals surface area (Å²) in [5.41, 5.74) is 2.00. The van der Waals surface area contributed by atoms with Crippen molar-refractivity contribution in [2.75, 3.05) is 51.3 Å². The summed E-state index contributed by atoms with van der Waals surface area (Å²) >= 11 is 0. The van der Waals surface area contributed by atoms with Gasteiger partial charge in [0.2, 0.25) is 0 Å². The molecule has 0 bridgehead atoms. The Bertz CT molecular complexity index is 728. The molecule has 1 fully saturated rings. The number of hydrogen-bond acceptors (Lipinski definition) is 5. The minimum atomic E-state index is -0.969. The number of ether oxygens (including phenoxy) is 1. The van der Waals surface area contributed by atoms with Crippen LogP contribution in [-0.4, -0.2) is 67.5 Å². The van der Waals surface area contributed by atoms with Gasteiger partial charge in [-0.25, -0.2) is 9.78 Å². The number of nitrogens with zero attached hydrogens (tertiary/aromatic N) is 3. The molecule has 3 rings (SSSR count). The first-order valence-electron chi connectivity index (χ1n) is 8.71. The van der Waals surface area contributed by atoms with Crippen molar-refractivity contribution in [2.45, 2.75) is 0 Å². The molecule has 2 heterocycles. The fourth-order valence-corrected chi connectivity index (χ4v) is 3.04. The summed E-state index contributed by atoms with van der Waals surface area (Å²) < 4.78 is 5.20. The maximum absolute atomic E-state index is 10.5. The van der Waals surface area contributed by atoms with E-state index in [1.54, 1.807) is 7.11 Å².